The topological polar surface area (TPSA) is 38.0 Å². The second kappa shape index (κ2) is 6.97. The Morgan fingerprint density at radius 2 is 2.24 bits per heavy atom. The molecular weight excluding hydrogens is 296 g/mol. The van der Waals surface area contributed by atoms with E-state index < -0.39 is 0 Å². The van der Waals surface area contributed by atoms with E-state index in [-0.39, 0.29) is 0 Å². The van der Waals surface area contributed by atoms with E-state index in [9.17, 15) is 0 Å². The first-order valence-electron chi connectivity index (χ1n) is 5.90. The van der Waals surface area contributed by atoms with Crippen LogP contribution in [0.3, 0.4) is 0 Å². The number of thiocarbonyl (C=S) groups is 1. The summed E-state index contributed by atoms with van der Waals surface area (Å²) < 4.78 is 1.01. The van der Waals surface area contributed by atoms with E-state index in [4.69, 9.17) is 18.0 Å². The predicted molar refractivity (Wildman–Crippen MR) is 82.6 cm³/mol. The van der Waals surface area contributed by atoms with Gasteiger partial charge in [-0.3, -0.25) is 0 Å². The molecule has 94 valence electrons. The Hall–Kier alpha value is -0.610. The first-order chi connectivity index (χ1) is 8.04. The number of benzene rings is 1. The highest BCUT2D eigenvalue weighted by atomic mass is 79.9. The second-order valence-corrected chi connectivity index (χ2v) is 5.54. The lowest BCUT2D eigenvalue weighted by molar-refractivity contribution is 0.645. The monoisotopic (exact) mass is 314 g/mol. The van der Waals surface area contributed by atoms with Crippen LogP contribution in [0.4, 0.5) is 5.69 Å². The molecule has 3 N–H and O–H groups in total. The van der Waals surface area contributed by atoms with Crippen molar-refractivity contribution < 1.29 is 0 Å². The number of anilines is 1. The van der Waals surface area contributed by atoms with Crippen molar-refractivity contribution in [3.05, 3.63) is 28.2 Å². The van der Waals surface area contributed by atoms with Crippen LogP contribution in [0.1, 0.15) is 38.7 Å². The molecule has 1 aromatic carbocycles. The summed E-state index contributed by atoms with van der Waals surface area (Å²) in [5.41, 5.74) is 7.57. The third-order valence-electron chi connectivity index (χ3n) is 2.65. The summed E-state index contributed by atoms with van der Waals surface area (Å²) in [5.74, 6) is 0. The number of nitrogens with one attached hydrogen (secondary N) is 1. The van der Waals surface area contributed by atoms with Crippen molar-refractivity contribution >= 4 is 38.8 Å². The maximum absolute atomic E-state index is 5.59. The molecule has 1 unspecified atom stereocenters. The molecule has 0 saturated heterocycles. The van der Waals surface area contributed by atoms with E-state index in [1.165, 1.54) is 19.3 Å². The zero-order valence-corrected chi connectivity index (χ0v) is 12.7. The van der Waals surface area contributed by atoms with Gasteiger partial charge in [0.15, 0.2) is 0 Å². The molecule has 1 rings (SSSR count). The minimum Gasteiger partial charge on any atom is -0.389 e. The normalized spacial score (nSPS) is 12.2. The molecular formula is C13H19BrN2S. The van der Waals surface area contributed by atoms with E-state index in [0.717, 1.165) is 15.7 Å². The molecule has 0 bridgehead atoms. The lowest BCUT2D eigenvalue weighted by Gasteiger charge is -2.16. The Bertz CT molecular complexity index is 393. The average molecular weight is 315 g/mol. The van der Waals surface area contributed by atoms with Crippen molar-refractivity contribution in [2.24, 2.45) is 5.73 Å². The van der Waals surface area contributed by atoms with Crippen LogP contribution in [0.5, 0.6) is 0 Å². The van der Waals surface area contributed by atoms with Gasteiger partial charge in [-0.15, -0.1) is 0 Å². The van der Waals surface area contributed by atoms with Gasteiger partial charge in [-0.05, 0) is 47.5 Å². The molecule has 1 aromatic rings. The Morgan fingerprint density at radius 1 is 1.53 bits per heavy atom. The van der Waals surface area contributed by atoms with Crippen molar-refractivity contribution in [1.29, 1.82) is 0 Å². The maximum Gasteiger partial charge on any atom is 0.104 e. The van der Waals surface area contributed by atoms with Crippen LogP contribution in [0.15, 0.2) is 22.7 Å². The van der Waals surface area contributed by atoms with E-state index in [1.54, 1.807) is 0 Å². The number of hydrogen-bond acceptors (Lipinski definition) is 2. The summed E-state index contributed by atoms with van der Waals surface area (Å²) in [6.45, 7) is 4.41. The molecule has 0 heterocycles. The molecule has 2 nitrogen and oxygen atoms in total. The first-order valence-corrected chi connectivity index (χ1v) is 7.10. The molecule has 0 aliphatic carbocycles. The molecule has 17 heavy (non-hydrogen) atoms. The van der Waals surface area contributed by atoms with Crippen LogP contribution < -0.4 is 11.1 Å². The van der Waals surface area contributed by atoms with Gasteiger partial charge in [-0.25, -0.2) is 0 Å². The molecule has 0 spiro atoms. The quantitative estimate of drug-likeness (QED) is 0.777. The lowest BCUT2D eigenvalue weighted by Crippen LogP contribution is -2.15. The number of rotatable bonds is 6. The fourth-order valence-corrected chi connectivity index (χ4v) is 2.25. The zero-order valence-electron chi connectivity index (χ0n) is 10.3. The Labute approximate surface area is 117 Å². The van der Waals surface area contributed by atoms with Gasteiger partial charge in [0.05, 0.1) is 0 Å². The summed E-state index contributed by atoms with van der Waals surface area (Å²) in [5, 5.41) is 3.48. The van der Waals surface area contributed by atoms with Crippen molar-refractivity contribution in [1.82, 2.24) is 0 Å². The van der Waals surface area contributed by atoms with Crippen LogP contribution >= 0.6 is 28.1 Å². The van der Waals surface area contributed by atoms with Crippen molar-refractivity contribution in [2.75, 3.05) is 5.32 Å². The van der Waals surface area contributed by atoms with Crippen LogP contribution in [0.2, 0.25) is 0 Å². The Balaban J connectivity index is 2.69. The van der Waals surface area contributed by atoms with E-state index >= 15 is 0 Å². The average Bonchev–Trinajstić information content (AvgIpc) is 2.28. The van der Waals surface area contributed by atoms with Gasteiger partial charge >= 0.3 is 0 Å². The highest BCUT2D eigenvalue weighted by molar-refractivity contribution is 9.10. The molecule has 0 fully saturated rings. The molecule has 0 amide bonds. The van der Waals surface area contributed by atoms with Crippen LogP contribution in [0, 0.1) is 0 Å². The van der Waals surface area contributed by atoms with Gasteiger partial charge in [0, 0.05) is 21.8 Å². The van der Waals surface area contributed by atoms with Gasteiger partial charge in [0.2, 0.25) is 0 Å². The van der Waals surface area contributed by atoms with Gasteiger partial charge in [0.1, 0.15) is 4.99 Å². The van der Waals surface area contributed by atoms with Crippen molar-refractivity contribution in [3.8, 4) is 0 Å². The van der Waals surface area contributed by atoms with E-state index in [1.807, 2.05) is 18.2 Å². The zero-order chi connectivity index (χ0) is 12.8. The molecule has 0 saturated carbocycles. The van der Waals surface area contributed by atoms with Crippen LogP contribution in [-0.4, -0.2) is 11.0 Å². The molecule has 0 aliphatic heterocycles. The lowest BCUT2D eigenvalue weighted by atomic mass is 10.1. The summed E-state index contributed by atoms with van der Waals surface area (Å²) in [7, 11) is 0. The number of unbranched alkanes of at least 4 members (excludes halogenated alkanes) is 1. The van der Waals surface area contributed by atoms with E-state index in [2.05, 4.69) is 35.1 Å². The largest absolute Gasteiger partial charge is 0.389 e. The van der Waals surface area contributed by atoms with Gasteiger partial charge in [0.25, 0.3) is 0 Å². The Kier molecular flexibility index (Phi) is 5.92. The molecule has 1 atom stereocenters. The predicted octanol–water partition coefficient (Wildman–Crippen LogP) is 4.07. The number of hydrogen-bond donors (Lipinski definition) is 2. The number of halogens is 1. The minimum absolute atomic E-state index is 0.427. The first kappa shape index (κ1) is 14.5. The molecule has 0 aromatic heterocycles. The van der Waals surface area contributed by atoms with Crippen molar-refractivity contribution in [3.63, 3.8) is 0 Å². The summed E-state index contributed by atoms with van der Waals surface area (Å²) >= 11 is 8.48. The highest BCUT2D eigenvalue weighted by Crippen LogP contribution is 2.25. The third-order valence-corrected chi connectivity index (χ3v) is 3.54. The standard InChI is InChI=1S/C13H19BrN2S/c1-3-4-5-9(2)16-12-7-6-10(13(15)17)8-11(12)14/h6-9,16H,3-5H2,1-2H3,(H2,15,17). The van der Waals surface area contributed by atoms with Crippen LogP contribution in [-0.2, 0) is 0 Å². The second-order valence-electron chi connectivity index (χ2n) is 4.25. The van der Waals surface area contributed by atoms with Gasteiger partial charge in [-0.2, -0.15) is 0 Å². The maximum atomic E-state index is 5.59. The fraction of sp³-hybridized carbons (Fsp3) is 0.462. The van der Waals surface area contributed by atoms with Gasteiger partial charge < -0.3 is 11.1 Å². The molecule has 4 heteroatoms. The molecule has 0 radical (unpaired) electrons. The summed E-state index contributed by atoms with van der Waals surface area (Å²) in [6, 6.07) is 6.39. The highest BCUT2D eigenvalue weighted by Gasteiger charge is 2.06. The smallest absolute Gasteiger partial charge is 0.104 e. The van der Waals surface area contributed by atoms with Crippen molar-refractivity contribution in [2.45, 2.75) is 39.2 Å². The molecule has 0 aliphatic rings. The van der Waals surface area contributed by atoms with Gasteiger partial charge in [-0.1, -0.05) is 32.0 Å². The Morgan fingerprint density at radius 3 is 2.76 bits per heavy atom. The van der Waals surface area contributed by atoms with E-state index in [0.29, 0.717) is 11.0 Å². The summed E-state index contributed by atoms with van der Waals surface area (Å²) in [6.07, 6.45) is 3.66. The SMILES string of the molecule is CCCCC(C)Nc1ccc(C(N)=S)cc1Br. The van der Waals surface area contributed by atoms with Crippen LogP contribution in [0.25, 0.3) is 0 Å². The number of nitrogens with two attached hydrogens (primary N) is 1. The third kappa shape index (κ3) is 4.64. The fourth-order valence-electron chi connectivity index (χ4n) is 1.63. The summed E-state index contributed by atoms with van der Waals surface area (Å²) in [4.78, 5) is 0.427. The minimum atomic E-state index is 0.427.